The Labute approximate surface area is 149 Å². The number of alkyl halides is 3. The van der Waals surface area contributed by atoms with Crippen LogP contribution in [0, 0.1) is 5.82 Å². The lowest BCUT2D eigenvalue weighted by Crippen LogP contribution is -2.30. The van der Waals surface area contributed by atoms with Crippen LogP contribution in [0.4, 0.5) is 17.6 Å². The van der Waals surface area contributed by atoms with Crippen molar-refractivity contribution in [2.75, 3.05) is 0 Å². The number of hydrogen-bond acceptors (Lipinski definition) is 3. The molecule has 0 saturated carbocycles. The topological polar surface area (TPSA) is 72.9 Å². The Hall–Kier alpha value is -2.65. The van der Waals surface area contributed by atoms with Crippen molar-refractivity contribution in [2.45, 2.75) is 12.7 Å². The molecule has 1 heterocycles. The molecule has 3 aromatic rings. The standard InChI is InChI=1S/C16H11ClF4N4O/c17-10-3-1-8(12(18)6-10)7-25-13-4-2-9(16(19,20)21)5-11(13)14(24-25)15(26)23-22/h1-6H,7,22H2,(H,23,26). The van der Waals surface area contributed by atoms with Gasteiger partial charge in [-0.3, -0.25) is 14.9 Å². The quantitative estimate of drug-likeness (QED) is 0.313. The van der Waals surface area contributed by atoms with E-state index in [2.05, 4.69) is 5.10 Å². The van der Waals surface area contributed by atoms with Crippen LogP contribution in [0.5, 0.6) is 0 Å². The van der Waals surface area contributed by atoms with Crippen LogP contribution in [0.1, 0.15) is 21.6 Å². The van der Waals surface area contributed by atoms with Gasteiger partial charge in [-0.15, -0.1) is 0 Å². The highest BCUT2D eigenvalue weighted by Crippen LogP contribution is 2.32. The van der Waals surface area contributed by atoms with E-state index in [4.69, 9.17) is 17.4 Å². The van der Waals surface area contributed by atoms with E-state index in [1.165, 1.54) is 22.9 Å². The minimum absolute atomic E-state index is 0.0443. The van der Waals surface area contributed by atoms with E-state index in [0.717, 1.165) is 18.2 Å². The number of aromatic nitrogens is 2. The molecule has 0 spiro atoms. The SMILES string of the molecule is NNC(=O)c1nn(Cc2ccc(Cl)cc2F)c2ccc(C(F)(F)F)cc12. The highest BCUT2D eigenvalue weighted by molar-refractivity contribution is 6.30. The molecule has 136 valence electrons. The van der Waals surface area contributed by atoms with Gasteiger partial charge >= 0.3 is 6.18 Å². The third kappa shape index (κ3) is 3.35. The van der Waals surface area contributed by atoms with Gasteiger partial charge in [-0.2, -0.15) is 18.3 Å². The number of halogens is 5. The molecule has 0 bridgehead atoms. The second-order valence-corrected chi connectivity index (χ2v) is 5.88. The van der Waals surface area contributed by atoms with Crippen molar-refractivity contribution in [3.8, 4) is 0 Å². The van der Waals surface area contributed by atoms with Gasteiger partial charge in [0.2, 0.25) is 0 Å². The molecule has 0 aliphatic heterocycles. The van der Waals surface area contributed by atoms with Crippen molar-refractivity contribution in [3.05, 3.63) is 64.1 Å². The highest BCUT2D eigenvalue weighted by atomic mass is 35.5. The summed E-state index contributed by atoms with van der Waals surface area (Å²) in [5.74, 6) is 3.62. The molecule has 3 rings (SSSR count). The van der Waals surface area contributed by atoms with Crippen molar-refractivity contribution in [1.82, 2.24) is 15.2 Å². The van der Waals surface area contributed by atoms with Crippen molar-refractivity contribution in [1.29, 1.82) is 0 Å². The first-order valence-electron chi connectivity index (χ1n) is 7.23. The number of nitrogens with zero attached hydrogens (tertiary/aromatic N) is 2. The molecule has 0 unspecified atom stereocenters. The summed E-state index contributed by atoms with van der Waals surface area (Å²) < 4.78 is 54.1. The Balaban J connectivity index is 2.15. The minimum Gasteiger partial charge on any atom is -0.289 e. The highest BCUT2D eigenvalue weighted by Gasteiger charge is 2.31. The summed E-state index contributed by atoms with van der Waals surface area (Å²) in [6.45, 7) is -0.108. The van der Waals surface area contributed by atoms with Crippen molar-refractivity contribution >= 4 is 28.4 Å². The number of hydrogen-bond donors (Lipinski definition) is 2. The van der Waals surface area contributed by atoms with Crippen LogP contribution < -0.4 is 11.3 Å². The Morgan fingerprint density at radius 3 is 2.58 bits per heavy atom. The van der Waals surface area contributed by atoms with E-state index in [0.29, 0.717) is 0 Å². The van der Waals surface area contributed by atoms with E-state index >= 15 is 0 Å². The van der Waals surface area contributed by atoms with E-state index in [1.807, 2.05) is 5.43 Å². The van der Waals surface area contributed by atoms with Crippen LogP contribution in [0.3, 0.4) is 0 Å². The molecule has 0 aliphatic carbocycles. The van der Waals surface area contributed by atoms with Gasteiger partial charge in [0.15, 0.2) is 5.69 Å². The second-order valence-electron chi connectivity index (χ2n) is 5.45. The molecule has 10 heteroatoms. The van der Waals surface area contributed by atoms with Crippen molar-refractivity contribution in [3.63, 3.8) is 0 Å². The normalized spacial score (nSPS) is 11.8. The molecule has 0 aliphatic rings. The van der Waals surface area contributed by atoms with Crippen LogP contribution in [0.2, 0.25) is 5.02 Å². The van der Waals surface area contributed by atoms with Crippen molar-refractivity contribution < 1.29 is 22.4 Å². The summed E-state index contributed by atoms with van der Waals surface area (Å²) >= 11 is 5.70. The number of fused-ring (bicyclic) bond motifs is 1. The molecule has 0 radical (unpaired) electrons. The predicted molar refractivity (Wildman–Crippen MR) is 86.9 cm³/mol. The molecule has 0 fully saturated rings. The molecular formula is C16H11ClF4N4O. The number of amides is 1. The summed E-state index contributed by atoms with van der Waals surface area (Å²) in [6, 6.07) is 6.85. The zero-order valence-corrected chi connectivity index (χ0v) is 13.7. The van der Waals surface area contributed by atoms with Crippen molar-refractivity contribution in [2.24, 2.45) is 5.84 Å². The Morgan fingerprint density at radius 1 is 1.23 bits per heavy atom. The van der Waals surface area contributed by atoms with Crippen LogP contribution >= 0.6 is 11.6 Å². The van der Waals surface area contributed by atoms with Gasteiger partial charge in [-0.1, -0.05) is 17.7 Å². The fourth-order valence-electron chi connectivity index (χ4n) is 2.52. The zero-order chi connectivity index (χ0) is 19.1. The smallest absolute Gasteiger partial charge is 0.289 e. The number of hydrazine groups is 1. The maximum Gasteiger partial charge on any atom is 0.416 e. The first-order valence-corrected chi connectivity index (χ1v) is 7.61. The minimum atomic E-state index is -4.59. The monoisotopic (exact) mass is 386 g/mol. The lowest BCUT2D eigenvalue weighted by Gasteiger charge is -2.08. The van der Waals surface area contributed by atoms with Gasteiger partial charge in [0.05, 0.1) is 17.6 Å². The van der Waals surface area contributed by atoms with Gasteiger partial charge in [-0.05, 0) is 30.3 Å². The van der Waals surface area contributed by atoms with Gasteiger partial charge in [-0.25, -0.2) is 10.2 Å². The van der Waals surface area contributed by atoms with Gasteiger partial charge in [0.1, 0.15) is 5.82 Å². The number of benzene rings is 2. The fourth-order valence-corrected chi connectivity index (χ4v) is 2.68. The molecule has 1 amide bonds. The maximum absolute atomic E-state index is 14.0. The number of carbonyl (C=O) groups excluding carboxylic acids is 1. The average molecular weight is 387 g/mol. The van der Waals surface area contributed by atoms with Crippen LogP contribution in [-0.2, 0) is 12.7 Å². The Bertz CT molecular complexity index is 1000. The van der Waals surface area contributed by atoms with Gasteiger partial charge in [0, 0.05) is 16.0 Å². The van der Waals surface area contributed by atoms with Crippen LogP contribution in [0.25, 0.3) is 10.9 Å². The van der Waals surface area contributed by atoms with E-state index in [1.54, 1.807) is 0 Å². The molecule has 26 heavy (non-hydrogen) atoms. The molecule has 0 saturated heterocycles. The van der Waals surface area contributed by atoms with Crippen LogP contribution in [-0.4, -0.2) is 15.7 Å². The Morgan fingerprint density at radius 2 is 1.96 bits per heavy atom. The summed E-state index contributed by atoms with van der Waals surface area (Å²) in [6.07, 6.45) is -4.59. The maximum atomic E-state index is 14.0. The second kappa shape index (κ2) is 6.58. The molecule has 0 atom stereocenters. The summed E-state index contributed by atoms with van der Waals surface area (Å²) in [4.78, 5) is 11.9. The van der Waals surface area contributed by atoms with Gasteiger partial charge in [0.25, 0.3) is 5.91 Å². The fraction of sp³-hybridized carbons (Fsp3) is 0.125. The largest absolute Gasteiger partial charge is 0.416 e. The molecule has 1 aromatic heterocycles. The molecule has 5 nitrogen and oxygen atoms in total. The predicted octanol–water partition coefficient (Wildman–Crippen LogP) is 3.50. The summed E-state index contributed by atoms with van der Waals surface area (Å²) in [5.41, 5.74) is 1.05. The lowest BCUT2D eigenvalue weighted by atomic mass is 10.1. The first-order chi connectivity index (χ1) is 12.2. The lowest BCUT2D eigenvalue weighted by molar-refractivity contribution is -0.137. The van der Waals surface area contributed by atoms with Gasteiger partial charge < -0.3 is 0 Å². The Kier molecular flexibility index (Phi) is 4.59. The van der Waals surface area contributed by atoms with Crippen LogP contribution in [0.15, 0.2) is 36.4 Å². The van der Waals surface area contributed by atoms with E-state index < -0.39 is 23.5 Å². The number of rotatable bonds is 3. The summed E-state index contributed by atoms with van der Waals surface area (Å²) in [5, 5.41) is 4.16. The zero-order valence-electron chi connectivity index (χ0n) is 12.9. The number of nitrogens with one attached hydrogen (secondary N) is 1. The summed E-state index contributed by atoms with van der Waals surface area (Å²) in [7, 11) is 0. The first kappa shape index (κ1) is 18.2. The average Bonchev–Trinajstić information content (AvgIpc) is 2.94. The molecular weight excluding hydrogens is 376 g/mol. The number of nitrogens with two attached hydrogens (primary N) is 1. The third-order valence-electron chi connectivity index (χ3n) is 3.76. The third-order valence-corrected chi connectivity index (χ3v) is 3.99. The van der Waals surface area contributed by atoms with E-state index in [-0.39, 0.29) is 33.7 Å². The molecule has 2 aromatic carbocycles. The van der Waals surface area contributed by atoms with E-state index in [9.17, 15) is 22.4 Å². The number of carbonyl (C=O) groups is 1. The molecule has 3 N–H and O–H groups in total. The number of nitrogen functional groups attached to an aromatic ring is 1.